The van der Waals surface area contributed by atoms with Crippen LogP contribution in [0.15, 0.2) is 24.3 Å². The molecule has 2 amide bonds. The summed E-state index contributed by atoms with van der Waals surface area (Å²) in [7, 11) is 1.64. The Bertz CT molecular complexity index is 868. The summed E-state index contributed by atoms with van der Waals surface area (Å²) < 4.78 is 2.29. The fourth-order valence-corrected chi connectivity index (χ4v) is 2.96. The second kappa shape index (κ2) is 7.82. The van der Waals surface area contributed by atoms with Gasteiger partial charge in [-0.1, -0.05) is 23.8 Å². The van der Waals surface area contributed by atoms with E-state index in [-0.39, 0.29) is 24.8 Å². The molecule has 1 heterocycles. The number of H-pyrrole nitrogens is 1. The molecule has 1 aliphatic rings. The lowest BCUT2D eigenvalue weighted by Crippen LogP contribution is -2.39. The van der Waals surface area contributed by atoms with Crippen molar-refractivity contribution in [1.29, 1.82) is 0 Å². The van der Waals surface area contributed by atoms with Gasteiger partial charge in [0.2, 0.25) is 11.8 Å². The molecule has 1 aromatic carbocycles. The number of carbonyl (C=O) groups excluding carboxylic acids is 2. The minimum absolute atomic E-state index is 0.0802. The van der Waals surface area contributed by atoms with Crippen molar-refractivity contribution in [3.8, 4) is 11.4 Å². The van der Waals surface area contributed by atoms with Crippen molar-refractivity contribution in [2.24, 2.45) is 0 Å². The summed E-state index contributed by atoms with van der Waals surface area (Å²) >= 11 is 5.30. The molecule has 0 radical (unpaired) electrons. The van der Waals surface area contributed by atoms with Crippen LogP contribution in [0, 0.1) is 11.7 Å². The maximum atomic E-state index is 12.4. The molecule has 7 nitrogen and oxygen atoms in total. The van der Waals surface area contributed by atoms with Crippen LogP contribution in [-0.4, -0.2) is 51.1 Å². The number of benzene rings is 1. The highest BCUT2D eigenvalue weighted by atomic mass is 32.1. The third kappa shape index (κ3) is 4.57. The summed E-state index contributed by atoms with van der Waals surface area (Å²) in [5, 5.41) is 9.97. The highest BCUT2D eigenvalue weighted by molar-refractivity contribution is 7.71. The molecular weight excluding hydrogens is 350 g/mol. The number of likely N-dealkylation sites (N-methyl/N-ethyl adjacent to an activating group) is 1. The fourth-order valence-electron chi connectivity index (χ4n) is 2.73. The zero-order valence-corrected chi connectivity index (χ0v) is 15.8. The van der Waals surface area contributed by atoms with Crippen LogP contribution in [0.3, 0.4) is 0 Å². The molecule has 1 aliphatic carbocycles. The Balaban J connectivity index is 1.62. The predicted octanol–water partition coefficient (Wildman–Crippen LogP) is 2.04. The van der Waals surface area contributed by atoms with Gasteiger partial charge in [0.05, 0.1) is 6.54 Å². The molecule has 0 spiro atoms. The van der Waals surface area contributed by atoms with Crippen LogP contribution in [0.5, 0.6) is 0 Å². The van der Waals surface area contributed by atoms with Crippen molar-refractivity contribution < 1.29 is 9.59 Å². The first-order valence-electron chi connectivity index (χ1n) is 8.69. The van der Waals surface area contributed by atoms with Crippen molar-refractivity contribution >= 4 is 24.0 Å². The van der Waals surface area contributed by atoms with Gasteiger partial charge in [-0.15, -0.1) is 0 Å². The molecule has 0 bridgehead atoms. The summed E-state index contributed by atoms with van der Waals surface area (Å²) in [5.41, 5.74) is 2.07. The smallest absolute Gasteiger partial charge is 0.239 e. The van der Waals surface area contributed by atoms with E-state index in [4.69, 9.17) is 12.2 Å². The largest absolute Gasteiger partial charge is 0.352 e. The maximum absolute atomic E-state index is 12.4. The van der Waals surface area contributed by atoms with Gasteiger partial charge in [-0.3, -0.25) is 19.3 Å². The number of aryl methyl sites for hydroxylation is 1. The topological polar surface area (TPSA) is 83.0 Å². The molecule has 2 aromatic rings. The van der Waals surface area contributed by atoms with Crippen LogP contribution in [0.1, 0.15) is 24.8 Å². The van der Waals surface area contributed by atoms with Crippen molar-refractivity contribution in [2.75, 3.05) is 13.6 Å². The number of hydrogen-bond donors (Lipinski definition) is 2. The van der Waals surface area contributed by atoms with Crippen LogP contribution in [-0.2, 0) is 16.1 Å². The number of hydrogen-bond acceptors (Lipinski definition) is 4. The fraction of sp³-hybridized carbons (Fsp3) is 0.444. The third-order valence-corrected chi connectivity index (χ3v) is 4.64. The van der Waals surface area contributed by atoms with Crippen LogP contribution < -0.4 is 5.32 Å². The highest BCUT2D eigenvalue weighted by Gasteiger charge is 2.24. The lowest BCUT2D eigenvalue weighted by atomic mass is 10.1. The average Bonchev–Trinajstić information content (AvgIpc) is 3.33. The minimum Gasteiger partial charge on any atom is -0.352 e. The molecule has 1 saturated carbocycles. The molecule has 1 aromatic heterocycles. The molecule has 3 rings (SSSR count). The van der Waals surface area contributed by atoms with Gasteiger partial charge in [0, 0.05) is 31.6 Å². The standard InChI is InChI=1S/C18H23N5O2S/c1-12-4-3-5-13(10-12)17-20-21-18(26)23(17)9-8-16(25)22(2)11-15(24)19-14-6-7-14/h3-5,10,14H,6-9,11H2,1-2H3,(H,19,24)(H,21,26). The molecule has 138 valence electrons. The number of amides is 2. The lowest BCUT2D eigenvalue weighted by Gasteiger charge is -2.17. The average molecular weight is 373 g/mol. The van der Waals surface area contributed by atoms with E-state index in [1.54, 1.807) is 7.05 Å². The van der Waals surface area contributed by atoms with Gasteiger partial charge in [-0.2, -0.15) is 5.10 Å². The molecule has 26 heavy (non-hydrogen) atoms. The van der Waals surface area contributed by atoms with Crippen LogP contribution in [0.2, 0.25) is 0 Å². The van der Waals surface area contributed by atoms with Crippen LogP contribution in [0.4, 0.5) is 0 Å². The Morgan fingerprint density at radius 3 is 2.88 bits per heavy atom. The Hall–Kier alpha value is -2.48. The second-order valence-corrected chi connectivity index (χ2v) is 7.10. The van der Waals surface area contributed by atoms with E-state index in [0.29, 0.717) is 23.2 Å². The van der Waals surface area contributed by atoms with Gasteiger partial charge in [-0.25, -0.2) is 0 Å². The number of rotatable bonds is 7. The summed E-state index contributed by atoms with van der Waals surface area (Å²) in [5.74, 6) is 0.499. The Morgan fingerprint density at radius 2 is 2.19 bits per heavy atom. The van der Waals surface area contributed by atoms with E-state index in [1.165, 1.54) is 4.90 Å². The summed E-state index contributed by atoms with van der Waals surface area (Å²) in [6.45, 7) is 2.50. The number of carbonyl (C=O) groups is 2. The molecule has 0 aliphatic heterocycles. The van der Waals surface area contributed by atoms with Crippen LogP contribution >= 0.6 is 12.2 Å². The molecule has 8 heteroatoms. The van der Waals surface area contributed by atoms with Crippen molar-refractivity contribution in [3.05, 3.63) is 34.6 Å². The Morgan fingerprint density at radius 1 is 1.42 bits per heavy atom. The van der Waals surface area contributed by atoms with Gasteiger partial charge < -0.3 is 10.2 Å². The minimum atomic E-state index is -0.108. The van der Waals surface area contributed by atoms with E-state index in [0.717, 1.165) is 24.0 Å². The van der Waals surface area contributed by atoms with Crippen molar-refractivity contribution in [3.63, 3.8) is 0 Å². The summed E-state index contributed by atoms with van der Waals surface area (Å²) in [4.78, 5) is 25.6. The molecule has 0 unspecified atom stereocenters. The molecule has 2 N–H and O–H groups in total. The van der Waals surface area contributed by atoms with Gasteiger partial charge in [0.25, 0.3) is 0 Å². The molecule has 1 fully saturated rings. The van der Waals surface area contributed by atoms with Gasteiger partial charge in [0.1, 0.15) is 0 Å². The first-order chi connectivity index (χ1) is 12.4. The van der Waals surface area contributed by atoms with E-state index >= 15 is 0 Å². The molecular formula is C18H23N5O2S. The van der Waals surface area contributed by atoms with Gasteiger partial charge >= 0.3 is 0 Å². The normalized spacial score (nSPS) is 13.5. The first kappa shape index (κ1) is 18.3. The van der Waals surface area contributed by atoms with E-state index in [9.17, 15) is 9.59 Å². The monoisotopic (exact) mass is 373 g/mol. The van der Waals surface area contributed by atoms with Crippen molar-refractivity contribution in [2.45, 2.75) is 38.8 Å². The predicted molar refractivity (Wildman–Crippen MR) is 101 cm³/mol. The second-order valence-electron chi connectivity index (χ2n) is 6.72. The summed E-state index contributed by atoms with van der Waals surface area (Å²) in [6.07, 6.45) is 2.31. The van der Waals surface area contributed by atoms with E-state index in [2.05, 4.69) is 15.5 Å². The Kier molecular flexibility index (Phi) is 5.51. The quantitative estimate of drug-likeness (QED) is 0.728. The highest BCUT2D eigenvalue weighted by Crippen LogP contribution is 2.19. The third-order valence-electron chi connectivity index (χ3n) is 4.33. The number of nitrogens with zero attached hydrogens (tertiary/aromatic N) is 3. The Labute approximate surface area is 157 Å². The van der Waals surface area contributed by atoms with Crippen LogP contribution in [0.25, 0.3) is 11.4 Å². The van der Waals surface area contributed by atoms with Gasteiger partial charge in [0.15, 0.2) is 10.6 Å². The maximum Gasteiger partial charge on any atom is 0.239 e. The number of aromatic nitrogens is 3. The lowest BCUT2D eigenvalue weighted by molar-refractivity contribution is -0.134. The first-order valence-corrected chi connectivity index (χ1v) is 9.10. The van der Waals surface area contributed by atoms with E-state index in [1.807, 2.05) is 35.8 Å². The molecule has 0 saturated heterocycles. The zero-order chi connectivity index (χ0) is 18.7. The number of nitrogens with one attached hydrogen (secondary N) is 2. The molecule has 0 atom stereocenters. The SMILES string of the molecule is Cc1cccc(-c2n[nH]c(=S)n2CCC(=O)N(C)CC(=O)NC2CC2)c1. The van der Waals surface area contributed by atoms with Crippen molar-refractivity contribution in [1.82, 2.24) is 25.0 Å². The van der Waals surface area contributed by atoms with E-state index < -0.39 is 0 Å². The summed E-state index contributed by atoms with van der Waals surface area (Å²) in [6, 6.07) is 8.26. The number of aromatic amines is 1. The van der Waals surface area contributed by atoms with Gasteiger partial charge in [-0.05, 0) is 38.0 Å². The zero-order valence-electron chi connectivity index (χ0n) is 15.0.